The van der Waals surface area contributed by atoms with Gasteiger partial charge in [-0.05, 0) is 12.8 Å². The Morgan fingerprint density at radius 2 is 0.682 bits per heavy atom. The van der Waals surface area contributed by atoms with Crippen molar-refractivity contribution in [3.8, 4) is 0 Å². The summed E-state index contributed by atoms with van der Waals surface area (Å²) in [7, 11) is 1.50. The van der Waals surface area contributed by atoms with Crippen molar-refractivity contribution in [2.24, 2.45) is 0 Å². The standard InChI is InChI=1S/C56H112NO8P/c1-6-8-10-12-14-16-18-20-22-24-26-28-29-31-32-34-36-38-40-42-44-46-48-55(58)62-52-54(53-64-66(60,61)63-51-50-57(3,4)5)65-56(59)49-47-45-43-41-39-37-35-33-30-27-25-23-21-19-17-15-13-11-9-7-2/h54H,6-53H2,1-5H3/p+1. The maximum Gasteiger partial charge on any atom is 0.472 e. The minimum Gasteiger partial charge on any atom is -0.462 e. The Hall–Kier alpha value is -0.990. The van der Waals surface area contributed by atoms with E-state index in [1.54, 1.807) is 0 Å². The van der Waals surface area contributed by atoms with Crippen LogP contribution in [0.2, 0.25) is 0 Å². The molecule has 0 aromatic heterocycles. The monoisotopic (exact) mass is 959 g/mol. The molecule has 9 nitrogen and oxygen atoms in total. The number of phosphoric acid groups is 1. The van der Waals surface area contributed by atoms with E-state index in [1.807, 2.05) is 21.1 Å². The van der Waals surface area contributed by atoms with E-state index in [4.69, 9.17) is 18.5 Å². The molecule has 0 aromatic rings. The van der Waals surface area contributed by atoms with Crippen molar-refractivity contribution in [3.05, 3.63) is 0 Å². The van der Waals surface area contributed by atoms with Crippen LogP contribution in [-0.2, 0) is 32.7 Å². The summed E-state index contributed by atoms with van der Waals surface area (Å²) in [6.45, 7) is 4.51. The van der Waals surface area contributed by atoms with Crippen LogP contribution in [0.3, 0.4) is 0 Å². The molecule has 0 spiro atoms. The fraction of sp³-hybridized carbons (Fsp3) is 0.964. The summed E-state index contributed by atoms with van der Waals surface area (Å²) in [6, 6.07) is 0. The van der Waals surface area contributed by atoms with Gasteiger partial charge in [-0.3, -0.25) is 18.6 Å². The molecule has 66 heavy (non-hydrogen) atoms. The second-order valence-electron chi connectivity index (χ2n) is 21.0. The highest BCUT2D eigenvalue weighted by Crippen LogP contribution is 2.43. The first-order valence-corrected chi connectivity index (χ1v) is 30.3. The third-order valence-electron chi connectivity index (χ3n) is 13.1. The van der Waals surface area contributed by atoms with Crippen LogP contribution in [-0.4, -0.2) is 74.9 Å². The molecule has 0 fully saturated rings. The number of likely N-dealkylation sites (N-methyl/N-ethyl adjacent to an activating group) is 1. The van der Waals surface area contributed by atoms with Crippen LogP contribution in [0.4, 0.5) is 0 Å². The lowest BCUT2D eigenvalue weighted by Crippen LogP contribution is -2.37. The molecule has 2 unspecified atom stereocenters. The maximum atomic E-state index is 12.8. The average Bonchev–Trinajstić information content (AvgIpc) is 3.27. The highest BCUT2D eigenvalue weighted by atomic mass is 31.2. The first kappa shape index (κ1) is 65.0. The van der Waals surface area contributed by atoms with E-state index < -0.39 is 26.5 Å². The minimum atomic E-state index is -4.38. The Kier molecular flexibility index (Phi) is 48.3. The van der Waals surface area contributed by atoms with Crippen molar-refractivity contribution in [1.82, 2.24) is 0 Å². The lowest BCUT2D eigenvalue weighted by atomic mass is 10.0. The smallest absolute Gasteiger partial charge is 0.462 e. The molecule has 0 radical (unpaired) electrons. The molecule has 0 saturated carbocycles. The van der Waals surface area contributed by atoms with Crippen LogP contribution in [0, 0.1) is 0 Å². The Labute approximate surface area is 410 Å². The largest absolute Gasteiger partial charge is 0.472 e. The summed E-state index contributed by atoms with van der Waals surface area (Å²) in [6.07, 6.45) is 54.5. The third kappa shape index (κ3) is 52.4. The third-order valence-corrected chi connectivity index (χ3v) is 14.1. The zero-order valence-corrected chi connectivity index (χ0v) is 45.6. The van der Waals surface area contributed by atoms with E-state index in [0.29, 0.717) is 17.4 Å². The number of carbonyl (C=O) groups excluding carboxylic acids is 2. The number of hydrogen-bond donors (Lipinski definition) is 1. The molecular weight excluding hydrogens is 846 g/mol. The second kappa shape index (κ2) is 49.0. The first-order chi connectivity index (χ1) is 32.0. The van der Waals surface area contributed by atoms with Gasteiger partial charge in [0.2, 0.25) is 0 Å². The van der Waals surface area contributed by atoms with Crippen molar-refractivity contribution in [3.63, 3.8) is 0 Å². The van der Waals surface area contributed by atoms with E-state index in [9.17, 15) is 19.0 Å². The molecule has 0 aliphatic heterocycles. The van der Waals surface area contributed by atoms with Crippen molar-refractivity contribution in [2.45, 2.75) is 302 Å². The van der Waals surface area contributed by atoms with Crippen LogP contribution >= 0.6 is 7.82 Å². The van der Waals surface area contributed by atoms with Gasteiger partial charge in [-0.1, -0.05) is 271 Å². The average molecular weight is 959 g/mol. The highest BCUT2D eigenvalue weighted by molar-refractivity contribution is 7.47. The van der Waals surface area contributed by atoms with Gasteiger partial charge in [-0.2, -0.15) is 0 Å². The molecule has 0 amide bonds. The molecule has 10 heteroatoms. The predicted octanol–water partition coefficient (Wildman–Crippen LogP) is 17.5. The number of rotatable bonds is 54. The van der Waals surface area contributed by atoms with Crippen molar-refractivity contribution >= 4 is 19.8 Å². The number of esters is 2. The van der Waals surface area contributed by atoms with E-state index in [-0.39, 0.29) is 25.6 Å². The molecule has 394 valence electrons. The van der Waals surface area contributed by atoms with Gasteiger partial charge in [0.05, 0.1) is 27.7 Å². The van der Waals surface area contributed by atoms with Crippen molar-refractivity contribution in [1.29, 1.82) is 0 Å². The minimum absolute atomic E-state index is 0.0374. The van der Waals surface area contributed by atoms with E-state index >= 15 is 0 Å². The number of quaternary nitrogens is 1. The molecule has 0 aromatic carbocycles. The summed E-state index contributed by atoms with van der Waals surface area (Å²) in [5.41, 5.74) is 0. The fourth-order valence-corrected chi connectivity index (χ4v) is 9.41. The Balaban J connectivity index is 4.11. The molecular formula is C56H113NO8P+. The van der Waals surface area contributed by atoms with Crippen LogP contribution in [0.1, 0.15) is 296 Å². The zero-order valence-electron chi connectivity index (χ0n) is 44.7. The van der Waals surface area contributed by atoms with Crippen LogP contribution in [0.15, 0.2) is 0 Å². The van der Waals surface area contributed by atoms with E-state index in [1.165, 1.54) is 231 Å². The molecule has 0 heterocycles. The van der Waals surface area contributed by atoms with Gasteiger partial charge in [0.15, 0.2) is 6.10 Å². The summed E-state index contributed by atoms with van der Waals surface area (Å²) in [5, 5.41) is 0. The molecule has 0 saturated heterocycles. The topological polar surface area (TPSA) is 108 Å². The summed E-state index contributed by atoms with van der Waals surface area (Å²) in [5.74, 6) is -0.773. The van der Waals surface area contributed by atoms with Gasteiger partial charge in [0.25, 0.3) is 0 Å². The molecule has 2 atom stereocenters. The Morgan fingerprint density at radius 3 is 0.970 bits per heavy atom. The fourth-order valence-electron chi connectivity index (χ4n) is 8.67. The van der Waals surface area contributed by atoms with Crippen molar-refractivity contribution in [2.75, 3.05) is 47.5 Å². The van der Waals surface area contributed by atoms with Crippen LogP contribution in [0.5, 0.6) is 0 Å². The maximum absolute atomic E-state index is 12.8. The molecule has 0 aliphatic carbocycles. The quantitative estimate of drug-likeness (QED) is 0.0278. The lowest BCUT2D eigenvalue weighted by molar-refractivity contribution is -0.870. The SMILES string of the molecule is CCCCCCCCCCCCCCCCCCCCCCCCC(=O)OCC(COP(=O)(O)OCC[N+](C)(C)C)OC(=O)CCCCCCCCCCCCCCCCCCCCCC. The summed E-state index contributed by atoms with van der Waals surface area (Å²) >= 11 is 0. The van der Waals surface area contributed by atoms with Crippen LogP contribution < -0.4 is 0 Å². The number of phosphoric ester groups is 1. The van der Waals surface area contributed by atoms with Gasteiger partial charge in [-0.25, -0.2) is 4.57 Å². The molecule has 0 rings (SSSR count). The number of carbonyl (C=O) groups is 2. The number of hydrogen-bond acceptors (Lipinski definition) is 7. The molecule has 1 N–H and O–H groups in total. The second-order valence-corrected chi connectivity index (χ2v) is 22.5. The lowest BCUT2D eigenvalue weighted by Gasteiger charge is -2.24. The van der Waals surface area contributed by atoms with Gasteiger partial charge in [0, 0.05) is 12.8 Å². The molecule has 0 bridgehead atoms. The number of nitrogens with zero attached hydrogens (tertiary/aromatic N) is 1. The van der Waals surface area contributed by atoms with Gasteiger partial charge in [-0.15, -0.1) is 0 Å². The zero-order chi connectivity index (χ0) is 48.5. The van der Waals surface area contributed by atoms with E-state index in [2.05, 4.69) is 13.8 Å². The molecule has 0 aliphatic rings. The first-order valence-electron chi connectivity index (χ1n) is 28.8. The normalized spacial score (nSPS) is 13.2. The van der Waals surface area contributed by atoms with Crippen molar-refractivity contribution < 1.29 is 42.1 Å². The number of ether oxygens (including phenoxy) is 2. The summed E-state index contributed by atoms with van der Waals surface area (Å²) < 4.78 is 34.6. The van der Waals surface area contributed by atoms with Gasteiger partial charge in [0.1, 0.15) is 19.8 Å². The van der Waals surface area contributed by atoms with Crippen LogP contribution in [0.25, 0.3) is 0 Å². The summed E-state index contributed by atoms with van der Waals surface area (Å²) in [4.78, 5) is 35.7. The van der Waals surface area contributed by atoms with Gasteiger partial charge >= 0.3 is 19.8 Å². The van der Waals surface area contributed by atoms with Gasteiger partial charge < -0.3 is 18.9 Å². The number of unbranched alkanes of at least 4 members (excludes halogenated alkanes) is 40. The predicted molar refractivity (Wildman–Crippen MR) is 280 cm³/mol. The van der Waals surface area contributed by atoms with E-state index in [0.717, 1.165) is 38.5 Å². The highest BCUT2D eigenvalue weighted by Gasteiger charge is 2.27. The Bertz CT molecular complexity index is 1080. The Morgan fingerprint density at radius 1 is 0.409 bits per heavy atom.